The normalized spacial score (nSPS) is 17.6. The van der Waals surface area contributed by atoms with Gasteiger partial charge in [0.2, 0.25) is 0 Å². The van der Waals surface area contributed by atoms with Gasteiger partial charge in [-0.15, -0.1) is 0 Å². The molecule has 2 aliphatic heterocycles. The minimum Gasteiger partial charge on any atom is -0.493 e. The number of ether oxygens (including phenoxy) is 1. The molecule has 0 saturated carbocycles. The van der Waals surface area contributed by atoms with E-state index in [4.69, 9.17) is 4.74 Å². The first-order chi connectivity index (χ1) is 13.2. The van der Waals surface area contributed by atoms with Crippen LogP contribution in [0.4, 0.5) is 5.69 Å². The van der Waals surface area contributed by atoms with Gasteiger partial charge >= 0.3 is 0 Å². The monoisotopic (exact) mass is 363 g/mol. The van der Waals surface area contributed by atoms with Crippen LogP contribution in [0.25, 0.3) is 11.1 Å². The summed E-state index contributed by atoms with van der Waals surface area (Å²) in [5.74, 6) is 0.882. The molecular formula is C22H25N3O2. The number of fused-ring (bicyclic) bond motifs is 3. The Hall–Kier alpha value is -2.79. The lowest BCUT2D eigenvalue weighted by Gasteiger charge is -2.31. The van der Waals surface area contributed by atoms with Gasteiger partial charge < -0.3 is 15.3 Å². The zero-order valence-corrected chi connectivity index (χ0v) is 15.9. The van der Waals surface area contributed by atoms with E-state index in [9.17, 15) is 5.21 Å². The van der Waals surface area contributed by atoms with E-state index in [2.05, 4.69) is 41.0 Å². The maximum atomic E-state index is 9.54. The van der Waals surface area contributed by atoms with Gasteiger partial charge in [-0.1, -0.05) is 36.9 Å². The summed E-state index contributed by atoms with van der Waals surface area (Å²) in [6, 6.07) is 10.3. The molecule has 2 N–H and O–H groups in total. The fraction of sp³-hybridized carbons (Fsp3) is 0.318. The number of allylic oxidation sites excluding steroid dienone is 1. The standard InChI is InChI=1S/C22H25N3O2/c1-4-25-11-10-15-17(16-8-6-7-9-20(16)27-5-2)12-18-21(24-26)14(3)23-22(18)19(15)13-25/h6-9,12,23,26H,3-5,10-11,13H2,1-2H3/b24-21-. The van der Waals surface area contributed by atoms with Crippen LogP contribution in [0.5, 0.6) is 5.75 Å². The lowest BCUT2D eigenvalue weighted by molar-refractivity contribution is 0.269. The van der Waals surface area contributed by atoms with Gasteiger partial charge in [-0.25, -0.2) is 0 Å². The minimum absolute atomic E-state index is 0.511. The second kappa shape index (κ2) is 7.08. The van der Waals surface area contributed by atoms with E-state index in [-0.39, 0.29) is 0 Å². The number of benzene rings is 2. The number of anilines is 1. The van der Waals surface area contributed by atoms with E-state index < -0.39 is 0 Å². The molecule has 0 radical (unpaired) electrons. The molecule has 2 aromatic carbocycles. The molecule has 5 heteroatoms. The molecule has 0 spiro atoms. The van der Waals surface area contributed by atoms with Gasteiger partial charge in [0.1, 0.15) is 11.5 Å². The second-order valence-corrected chi connectivity index (χ2v) is 6.90. The van der Waals surface area contributed by atoms with E-state index in [1.165, 1.54) is 11.1 Å². The van der Waals surface area contributed by atoms with Crippen LogP contribution in [0.1, 0.15) is 30.5 Å². The van der Waals surface area contributed by atoms with Crippen molar-refractivity contribution in [2.45, 2.75) is 26.8 Å². The fourth-order valence-corrected chi connectivity index (χ4v) is 4.11. The van der Waals surface area contributed by atoms with Crippen molar-refractivity contribution in [2.24, 2.45) is 5.16 Å². The third kappa shape index (κ3) is 2.88. The molecule has 0 saturated heterocycles. The zero-order valence-electron chi connectivity index (χ0n) is 15.9. The first kappa shape index (κ1) is 17.6. The van der Waals surface area contributed by atoms with Crippen LogP contribution in [-0.4, -0.2) is 35.5 Å². The largest absolute Gasteiger partial charge is 0.493 e. The fourth-order valence-electron chi connectivity index (χ4n) is 4.11. The average Bonchev–Trinajstić information content (AvgIpc) is 3.03. The number of rotatable bonds is 4. The van der Waals surface area contributed by atoms with Crippen molar-refractivity contribution in [2.75, 3.05) is 25.0 Å². The number of nitrogens with zero attached hydrogens (tertiary/aromatic N) is 2. The van der Waals surface area contributed by atoms with Crippen molar-refractivity contribution in [1.29, 1.82) is 0 Å². The van der Waals surface area contributed by atoms with Crippen molar-refractivity contribution in [3.05, 3.63) is 59.3 Å². The highest BCUT2D eigenvalue weighted by atomic mass is 16.5. The first-order valence-corrected chi connectivity index (χ1v) is 9.49. The quantitative estimate of drug-likeness (QED) is 0.630. The van der Waals surface area contributed by atoms with Gasteiger partial charge in [-0.2, -0.15) is 0 Å². The van der Waals surface area contributed by atoms with E-state index in [0.717, 1.165) is 54.2 Å². The molecular weight excluding hydrogens is 338 g/mol. The van der Waals surface area contributed by atoms with Crippen molar-refractivity contribution in [3.8, 4) is 16.9 Å². The molecule has 0 aliphatic carbocycles. The maximum absolute atomic E-state index is 9.54. The average molecular weight is 363 g/mol. The summed E-state index contributed by atoms with van der Waals surface area (Å²) in [6.07, 6.45) is 0.978. The van der Waals surface area contributed by atoms with Gasteiger partial charge in [-0.3, -0.25) is 4.90 Å². The summed E-state index contributed by atoms with van der Waals surface area (Å²) in [5, 5.41) is 16.4. The highest BCUT2D eigenvalue weighted by molar-refractivity contribution is 6.22. The van der Waals surface area contributed by atoms with E-state index >= 15 is 0 Å². The molecule has 140 valence electrons. The molecule has 2 heterocycles. The Labute approximate surface area is 160 Å². The topological polar surface area (TPSA) is 57.1 Å². The number of hydrogen-bond acceptors (Lipinski definition) is 5. The number of oxime groups is 1. The Morgan fingerprint density at radius 1 is 1.19 bits per heavy atom. The summed E-state index contributed by atoms with van der Waals surface area (Å²) >= 11 is 0. The summed E-state index contributed by atoms with van der Waals surface area (Å²) < 4.78 is 5.90. The molecule has 0 amide bonds. The SMILES string of the molecule is C=C1Nc2c(cc(-c3ccccc3OCC)c3c2CN(CC)CC3)/C1=N\O. The maximum Gasteiger partial charge on any atom is 0.134 e. The molecule has 0 unspecified atom stereocenters. The van der Waals surface area contributed by atoms with Crippen LogP contribution in [0.2, 0.25) is 0 Å². The highest BCUT2D eigenvalue weighted by Gasteiger charge is 2.31. The predicted molar refractivity (Wildman–Crippen MR) is 109 cm³/mol. The van der Waals surface area contributed by atoms with Crippen LogP contribution in [-0.2, 0) is 13.0 Å². The van der Waals surface area contributed by atoms with E-state index in [1.807, 2.05) is 25.1 Å². The zero-order chi connectivity index (χ0) is 19.0. The van der Waals surface area contributed by atoms with Gasteiger partial charge in [0.25, 0.3) is 0 Å². The Morgan fingerprint density at radius 3 is 2.74 bits per heavy atom. The molecule has 0 fully saturated rings. The number of likely N-dealkylation sites (N-methyl/N-ethyl adjacent to an activating group) is 1. The Morgan fingerprint density at radius 2 is 2.00 bits per heavy atom. The number of hydrogen-bond donors (Lipinski definition) is 2. The number of para-hydroxylation sites is 1. The lowest BCUT2D eigenvalue weighted by Crippen LogP contribution is -2.31. The van der Waals surface area contributed by atoms with Gasteiger partial charge in [-0.05, 0) is 48.7 Å². The third-order valence-corrected chi connectivity index (χ3v) is 5.45. The third-order valence-electron chi connectivity index (χ3n) is 5.45. The van der Waals surface area contributed by atoms with E-state index in [1.54, 1.807) is 0 Å². The Bertz CT molecular complexity index is 933. The summed E-state index contributed by atoms with van der Waals surface area (Å²) in [4.78, 5) is 2.43. The predicted octanol–water partition coefficient (Wildman–Crippen LogP) is 4.25. The Balaban J connectivity index is 1.97. The highest BCUT2D eigenvalue weighted by Crippen LogP contribution is 2.43. The first-order valence-electron chi connectivity index (χ1n) is 9.49. The summed E-state index contributed by atoms with van der Waals surface area (Å²) in [6.45, 7) is 11.7. The molecule has 2 aromatic rings. The number of nitrogens with one attached hydrogen (secondary N) is 1. The lowest BCUT2D eigenvalue weighted by atomic mass is 9.86. The molecule has 0 bridgehead atoms. The molecule has 0 atom stereocenters. The van der Waals surface area contributed by atoms with E-state index in [0.29, 0.717) is 18.0 Å². The van der Waals surface area contributed by atoms with Crippen LogP contribution >= 0.6 is 0 Å². The molecule has 2 aliphatic rings. The molecule has 0 aromatic heterocycles. The minimum atomic E-state index is 0.511. The van der Waals surface area contributed by atoms with Gasteiger partial charge in [0, 0.05) is 24.2 Å². The Kier molecular flexibility index (Phi) is 4.62. The van der Waals surface area contributed by atoms with Crippen molar-refractivity contribution >= 4 is 11.4 Å². The van der Waals surface area contributed by atoms with Crippen LogP contribution in [0, 0.1) is 0 Å². The molecule has 27 heavy (non-hydrogen) atoms. The van der Waals surface area contributed by atoms with Crippen LogP contribution in [0.3, 0.4) is 0 Å². The van der Waals surface area contributed by atoms with Crippen LogP contribution in [0.15, 0.2) is 47.8 Å². The van der Waals surface area contributed by atoms with Gasteiger partial charge in [0.15, 0.2) is 0 Å². The van der Waals surface area contributed by atoms with Gasteiger partial charge in [0.05, 0.1) is 18.0 Å². The van der Waals surface area contributed by atoms with Crippen molar-refractivity contribution in [1.82, 2.24) is 4.90 Å². The molecule has 5 nitrogen and oxygen atoms in total. The smallest absolute Gasteiger partial charge is 0.134 e. The molecule has 4 rings (SSSR count). The van der Waals surface area contributed by atoms with Crippen molar-refractivity contribution < 1.29 is 9.94 Å². The summed E-state index contributed by atoms with van der Waals surface area (Å²) in [7, 11) is 0. The summed E-state index contributed by atoms with van der Waals surface area (Å²) in [5.41, 5.74) is 7.92. The second-order valence-electron chi connectivity index (χ2n) is 6.90. The van der Waals surface area contributed by atoms with Crippen molar-refractivity contribution in [3.63, 3.8) is 0 Å². The van der Waals surface area contributed by atoms with Crippen LogP contribution < -0.4 is 10.1 Å².